The Morgan fingerprint density at radius 2 is 0.506 bits per heavy atom. The quantitative estimate of drug-likeness (QED) is 0.0261. The summed E-state index contributed by atoms with van der Waals surface area (Å²) in [5.41, 5.74) is 0. The molecule has 0 heterocycles. The number of ether oxygens (including phenoxy) is 3. The Kier molecular flexibility index (Phi) is 62.7. The summed E-state index contributed by atoms with van der Waals surface area (Å²) in [4.78, 5) is 38.4. The Morgan fingerprint density at radius 3 is 0.805 bits per heavy atom. The lowest BCUT2D eigenvalue weighted by Crippen LogP contribution is -2.30. The number of esters is 3. The maximum absolute atomic E-state index is 12.9. The number of hydrogen-bond acceptors (Lipinski definition) is 6. The van der Waals surface area contributed by atoms with Crippen molar-refractivity contribution >= 4 is 17.9 Å². The summed E-state index contributed by atoms with van der Waals surface area (Å²) >= 11 is 0. The molecule has 0 saturated heterocycles. The van der Waals surface area contributed by atoms with E-state index in [1.54, 1.807) is 0 Å². The van der Waals surface area contributed by atoms with E-state index in [2.05, 4.69) is 93.7 Å². The number of hydrogen-bond donors (Lipinski definition) is 0. The Balaban J connectivity index is 4.34. The average molecular weight is 1080 g/mol. The highest BCUT2D eigenvalue weighted by Gasteiger charge is 2.19. The number of rotatable bonds is 61. The molecule has 1 atom stereocenters. The van der Waals surface area contributed by atoms with Gasteiger partial charge in [0.2, 0.25) is 0 Å². The van der Waals surface area contributed by atoms with E-state index < -0.39 is 6.10 Å². The van der Waals surface area contributed by atoms with Crippen LogP contribution in [-0.2, 0) is 28.6 Å². The van der Waals surface area contributed by atoms with Crippen LogP contribution in [-0.4, -0.2) is 37.2 Å². The second kappa shape index (κ2) is 65.4. The molecule has 77 heavy (non-hydrogen) atoms. The van der Waals surface area contributed by atoms with Gasteiger partial charge in [-0.25, -0.2) is 0 Å². The second-order valence-corrected chi connectivity index (χ2v) is 22.4. The van der Waals surface area contributed by atoms with Crippen LogP contribution < -0.4 is 0 Å². The highest BCUT2D eigenvalue weighted by atomic mass is 16.6. The normalized spacial score (nSPS) is 12.5. The van der Waals surface area contributed by atoms with Gasteiger partial charge in [-0.3, -0.25) is 14.4 Å². The maximum atomic E-state index is 12.9. The van der Waals surface area contributed by atoms with Gasteiger partial charge in [0, 0.05) is 19.3 Å². The van der Waals surface area contributed by atoms with Crippen molar-refractivity contribution in [3.05, 3.63) is 72.9 Å². The first kappa shape index (κ1) is 73.8. The lowest BCUT2D eigenvalue weighted by atomic mass is 10.0. The summed E-state index contributed by atoms with van der Waals surface area (Å²) in [7, 11) is 0. The number of allylic oxidation sites excluding steroid dienone is 12. The summed E-state index contributed by atoms with van der Waals surface area (Å²) in [6.45, 7) is 6.57. The number of carbonyl (C=O) groups excluding carboxylic acids is 3. The smallest absolute Gasteiger partial charge is 0.306 e. The maximum Gasteiger partial charge on any atom is 0.306 e. The minimum Gasteiger partial charge on any atom is -0.462 e. The molecule has 0 bridgehead atoms. The van der Waals surface area contributed by atoms with E-state index in [0.29, 0.717) is 19.3 Å². The Labute approximate surface area is 478 Å². The van der Waals surface area contributed by atoms with Gasteiger partial charge in [-0.05, 0) is 89.9 Å². The molecule has 1 unspecified atom stereocenters. The molecule has 0 aromatic heterocycles. The molecule has 446 valence electrons. The van der Waals surface area contributed by atoms with Crippen LogP contribution in [0.1, 0.15) is 342 Å². The zero-order valence-electron chi connectivity index (χ0n) is 51.2. The molecule has 0 aliphatic rings. The lowest BCUT2D eigenvalue weighted by molar-refractivity contribution is -0.167. The Morgan fingerprint density at radius 1 is 0.273 bits per heavy atom. The van der Waals surface area contributed by atoms with E-state index in [1.165, 1.54) is 205 Å². The van der Waals surface area contributed by atoms with E-state index in [0.717, 1.165) is 96.3 Å². The molecule has 6 heteroatoms. The molecule has 0 aliphatic carbocycles. The van der Waals surface area contributed by atoms with Gasteiger partial charge < -0.3 is 14.2 Å². The van der Waals surface area contributed by atoms with Crippen molar-refractivity contribution in [2.24, 2.45) is 0 Å². The van der Waals surface area contributed by atoms with E-state index >= 15 is 0 Å². The van der Waals surface area contributed by atoms with Crippen molar-refractivity contribution < 1.29 is 28.6 Å². The molecule has 0 aromatic carbocycles. The topological polar surface area (TPSA) is 78.9 Å². The average Bonchev–Trinajstić information content (AvgIpc) is 3.43. The van der Waals surface area contributed by atoms with E-state index in [9.17, 15) is 14.4 Å². The van der Waals surface area contributed by atoms with Crippen LogP contribution in [0, 0.1) is 0 Å². The second-order valence-electron chi connectivity index (χ2n) is 22.4. The van der Waals surface area contributed by atoms with Crippen LogP contribution >= 0.6 is 0 Å². The summed E-state index contributed by atoms with van der Waals surface area (Å²) in [5, 5.41) is 0. The fraction of sp³-hybridized carbons (Fsp3) is 0.789. The molecule has 0 N–H and O–H groups in total. The van der Waals surface area contributed by atoms with E-state index in [1.807, 2.05) is 0 Å². The third kappa shape index (κ3) is 63.6. The summed E-state index contributed by atoms with van der Waals surface area (Å²) in [6, 6.07) is 0. The highest BCUT2D eigenvalue weighted by molar-refractivity contribution is 5.71. The first-order valence-corrected chi connectivity index (χ1v) is 33.4. The first-order valence-electron chi connectivity index (χ1n) is 33.4. The minimum atomic E-state index is -0.780. The predicted octanol–water partition coefficient (Wildman–Crippen LogP) is 22.9. The zero-order valence-corrected chi connectivity index (χ0v) is 51.2. The lowest BCUT2D eigenvalue weighted by Gasteiger charge is -2.18. The van der Waals surface area contributed by atoms with Gasteiger partial charge in [-0.15, -0.1) is 0 Å². The van der Waals surface area contributed by atoms with Crippen LogP contribution in [0.15, 0.2) is 72.9 Å². The van der Waals surface area contributed by atoms with Gasteiger partial charge >= 0.3 is 17.9 Å². The molecule has 0 rings (SSSR count). The number of carbonyl (C=O) groups is 3. The summed E-state index contributed by atoms with van der Waals surface area (Å²) < 4.78 is 17.0. The van der Waals surface area contributed by atoms with Crippen molar-refractivity contribution in [1.29, 1.82) is 0 Å². The van der Waals surface area contributed by atoms with Crippen molar-refractivity contribution in [3.63, 3.8) is 0 Å². The Bertz CT molecular complexity index is 1420. The van der Waals surface area contributed by atoms with Crippen molar-refractivity contribution in [3.8, 4) is 0 Å². The van der Waals surface area contributed by atoms with Gasteiger partial charge in [0.15, 0.2) is 6.10 Å². The van der Waals surface area contributed by atoms with Crippen molar-refractivity contribution in [2.45, 2.75) is 348 Å². The standard InChI is InChI=1S/C71H126O6/c1-4-7-10-13-16-19-22-25-28-31-33-34-35-36-37-38-39-41-43-46-49-52-55-58-61-64-70(73)76-67-68(66-75-69(72)63-60-57-54-51-48-45-42-30-27-24-21-18-15-12-9-6-3)77-71(74)65-62-59-56-53-50-47-44-40-32-29-26-23-20-17-14-11-8-5-2/h7,10,16,19,25,28-29,32-34,36-37,68H,4-6,8-9,11-15,17-18,20-24,26-27,30-31,35,38-67H2,1-3H3/b10-7-,19-16-,28-25-,32-29-,34-33-,37-36-. The first-order chi connectivity index (χ1) is 38.0. The zero-order chi connectivity index (χ0) is 55.7. The minimum absolute atomic E-state index is 0.0750. The molecule has 0 radical (unpaired) electrons. The monoisotopic (exact) mass is 1070 g/mol. The molecule has 0 aliphatic heterocycles. The van der Waals surface area contributed by atoms with Crippen LogP contribution in [0.25, 0.3) is 0 Å². The van der Waals surface area contributed by atoms with Gasteiger partial charge in [-0.2, -0.15) is 0 Å². The van der Waals surface area contributed by atoms with Crippen LogP contribution in [0.2, 0.25) is 0 Å². The molecule has 0 spiro atoms. The Hall–Kier alpha value is -3.15. The molecule has 0 saturated carbocycles. The fourth-order valence-electron chi connectivity index (χ4n) is 9.70. The van der Waals surface area contributed by atoms with Crippen molar-refractivity contribution in [1.82, 2.24) is 0 Å². The molecule has 0 aromatic rings. The van der Waals surface area contributed by atoms with E-state index in [-0.39, 0.29) is 31.1 Å². The predicted molar refractivity (Wildman–Crippen MR) is 335 cm³/mol. The van der Waals surface area contributed by atoms with Gasteiger partial charge in [0.1, 0.15) is 13.2 Å². The molecule has 0 amide bonds. The molecule has 6 nitrogen and oxygen atoms in total. The van der Waals surface area contributed by atoms with Crippen molar-refractivity contribution in [2.75, 3.05) is 13.2 Å². The van der Waals surface area contributed by atoms with Gasteiger partial charge in [0.25, 0.3) is 0 Å². The number of unbranched alkanes of at least 4 members (excludes halogenated alkanes) is 38. The fourth-order valence-corrected chi connectivity index (χ4v) is 9.70. The van der Waals surface area contributed by atoms with Crippen LogP contribution in [0.5, 0.6) is 0 Å². The van der Waals surface area contributed by atoms with Gasteiger partial charge in [0.05, 0.1) is 0 Å². The summed E-state index contributed by atoms with van der Waals surface area (Å²) in [6.07, 6.45) is 84.8. The summed E-state index contributed by atoms with van der Waals surface area (Å²) in [5.74, 6) is -0.866. The van der Waals surface area contributed by atoms with Crippen LogP contribution in [0.4, 0.5) is 0 Å². The molecule has 0 fully saturated rings. The third-order valence-corrected chi connectivity index (χ3v) is 14.7. The van der Waals surface area contributed by atoms with Crippen LogP contribution in [0.3, 0.4) is 0 Å². The van der Waals surface area contributed by atoms with E-state index in [4.69, 9.17) is 14.2 Å². The highest BCUT2D eigenvalue weighted by Crippen LogP contribution is 2.17. The molecular weight excluding hydrogens is 949 g/mol. The largest absolute Gasteiger partial charge is 0.462 e. The molecular formula is C71H126O6. The SMILES string of the molecule is CC/C=C\C/C=C\C/C=C\C/C=C\C/C=C\CCCCCCCCCCCC(=O)OCC(COC(=O)CCCCCCCCCCCCCCCCCC)OC(=O)CCCCCCCCC/C=C\CCCCCCCCC. The third-order valence-electron chi connectivity index (χ3n) is 14.7. The van der Waals surface area contributed by atoms with Gasteiger partial charge in [-0.1, -0.05) is 306 Å².